The maximum Gasteiger partial charge on any atom is 0.247 e. The Bertz CT molecular complexity index is 579. The van der Waals surface area contributed by atoms with Gasteiger partial charge in [0.15, 0.2) is 4.67 Å². The molecule has 0 aliphatic rings. The molecular weight excluding hydrogens is 356 g/mol. The van der Waals surface area contributed by atoms with Gasteiger partial charge in [0.1, 0.15) is 10.7 Å². The first-order valence-electron chi connectivity index (χ1n) is 7.03. The van der Waals surface area contributed by atoms with Crippen molar-refractivity contribution in [2.45, 2.75) is 64.1 Å². The second-order valence-corrected chi connectivity index (χ2v) is 8.68. The van der Waals surface area contributed by atoms with Crippen molar-refractivity contribution >= 4 is 26.0 Å². The van der Waals surface area contributed by atoms with Gasteiger partial charge in [-0.05, 0) is 36.2 Å². The molecule has 1 rings (SSSR count). The molecule has 0 fully saturated rings. The molecule has 0 bridgehead atoms. The average molecular weight is 381 g/mol. The van der Waals surface area contributed by atoms with Crippen molar-refractivity contribution in [3.63, 3.8) is 0 Å². The van der Waals surface area contributed by atoms with E-state index in [1.54, 1.807) is 13.1 Å². The molecule has 1 N–H and O–H groups in total. The molecule has 1 aromatic rings. The maximum absolute atomic E-state index is 12.7. The Hall–Kier alpha value is -0.370. The molecule has 1 aromatic heterocycles. The molecule has 0 aliphatic carbocycles. The molecule has 5 nitrogen and oxygen atoms in total. The molecule has 0 saturated heterocycles. The van der Waals surface area contributed by atoms with Gasteiger partial charge in [-0.25, -0.2) is 8.42 Å². The summed E-state index contributed by atoms with van der Waals surface area (Å²) in [6.07, 6.45) is 0.722. The van der Waals surface area contributed by atoms with E-state index in [0.29, 0.717) is 18.3 Å². The molecule has 0 radical (unpaired) electrons. The SMILES string of the molecule is CCC(C)(C)N(C)S(=O)(=O)c1cc(CNC(C)C)oc1Br. The van der Waals surface area contributed by atoms with Gasteiger partial charge in [-0.3, -0.25) is 0 Å². The number of sulfonamides is 1. The minimum atomic E-state index is -3.59. The van der Waals surface area contributed by atoms with Crippen LogP contribution in [0.5, 0.6) is 0 Å². The van der Waals surface area contributed by atoms with Crippen LogP contribution < -0.4 is 5.32 Å². The fourth-order valence-electron chi connectivity index (χ4n) is 1.66. The van der Waals surface area contributed by atoms with Gasteiger partial charge < -0.3 is 9.73 Å². The van der Waals surface area contributed by atoms with E-state index in [1.165, 1.54) is 4.31 Å². The van der Waals surface area contributed by atoms with Crippen LogP contribution in [0.15, 0.2) is 20.0 Å². The molecular formula is C14H25BrN2O3S. The smallest absolute Gasteiger partial charge is 0.247 e. The fourth-order valence-corrected chi connectivity index (χ4v) is 4.20. The lowest BCUT2D eigenvalue weighted by Crippen LogP contribution is -2.44. The van der Waals surface area contributed by atoms with E-state index < -0.39 is 15.6 Å². The van der Waals surface area contributed by atoms with E-state index in [0.717, 1.165) is 6.42 Å². The van der Waals surface area contributed by atoms with Crippen molar-refractivity contribution in [1.82, 2.24) is 9.62 Å². The van der Waals surface area contributed by atoms with Gasteiger partial charge in [-0.15, -0.1) is 0 Å². The van der Waals surface area contributed by atoms with Gasteiger partial charge in [0, 0.05) is 24.7 Å². The number of hydrogen-bond donors (Lipinski definition) is 1. The Labute approximate surface area is 136 Å². The lowest BCUT2D eigenvalue weighted by Gasteiger charge is -2.33. The predicted octanol–water partition coefficient (Wildman–Crippen LogP) is 3.35. The zero-order valence-electron chi connectivity index (χ0n) is 13.5. The predicted molar refractivity (Wildman–Crippen MR) is 87.7 cm³/mol. The van der Waals surface area contributed by atoms with Crippen LogP contribution in [0.4, 0.5) is 0 Å². The first-order chi connectivity index (χ1) is 9.52. The van der Waals surface area contributed by atoms with E-state index >= 15 is 0 Å². The lowest BCUT2D eigenvalue weighted by atomic mass is 10.0. The highest BCUT2D eigenvalue weighted by Gasteiger charge is 2.35. The van der Waals surface area contributed by atoms with E-state index in [9.17, 15) is 8.42 Å². The Morgan fingerprint density at radius 3 is 2.48 bits per heavy atom. The highest BCUT2D eigenvalue weighted by molar-refractivity contribution is 9.10. The molecule has 0 unspecified atom stereocenters. The molecule has 21 heavy (non-hydrogen) atoms. The van der Waals surface area contributed by atoms with E-state index in [1.807, 2.05) is 34.6 Å². The summed E-state index contributed by atoms with van der Waals surface area (Å²) in [6, 6.07) is 1.88. The summed E-state index contributed by atoms with van der Waals surface area (Å²) < 4.78 is 32.6. The topological polar surface area (TPSA) is 62.6 Å². The monoisotopic (exact) mass is 380 g/mol. The van der Waals surface area contributed by atoms with Gasteiger partial charge in [-0.1, -0.05) is 20.8 Å². The van der Waals surface area contributed by atoms with E-state index in [-0.39, 0.29) is 9.56 Å². The number of nitrogens with one attached hydrogen (secondary N) is 1. The largest absolute Gasteiger partial charge is 0.452 e. The maximum atomic E-state index is 12.7. The Morgan fingerprint density at radius 1 is 1.43 bits per heavy atom. The Kier molecular flexibility index (Phi) is 6.06. The van der Waals surface area contributed by atoms with Crippen molar-refractivity contribution < 1.29 is 12.8 Å². The zero-order chi connectivity index (χ0) is 16.4. The molecule has 0 atom stereocenters. The number of nitrogens with zero attached hydrogens (tertiary/aromatic N) is 1. The van der Waals surface area contributed by atoms with Gasteiger partial charge >= 0.3 is 0 Å². The summed E-state index contributed by atoms with van der Waals surface area (Å²) in [4.78, 5) is 0.173. The third-order valence-corrected chi connectivity index (χ3v) is 6.67. The summed E-state index contributed by atoms with van der Waals surface area (Å²) in [5.74, 6) is 0.594. The van der Waals surface area contributed by atoms with Crippen LogP contribution >= 0.6 is 15.9 Å². The van der Waals surface area contributed by atoms with Crippen LogP contribution in [0.3, 0.4) is 0 Å². The van der Waals surface area contributed by atoms with E-state index in [4.69, 9.17) is 4.42 Å². The van der Waals surface area contributed by atoms with Crippen LogP contribution in [-0.4, -0.2) is 31.4 Å². The van der Waals surface area contributed by atoms with Crippen LogP contribution in [0.25, 0.3) is 0 Å². The summed E-state index contributed by atoms with van der Waals surface area (Å²) >= 11 is 3.22. The number of hydrogen-bond acceptors (Lipinski definition) is 4. The fraction of sp³-hybridized carbons (Fsp3) is 0.714. The molecule has 7 heteroatoms. The standard InChI is InChI=1S/C14H25BrN2O3S/c1-7-14(4,5)17(6)21(18,19)12-8-11(20-13(12)15)9-16-10(2)3/h8,10,16H,7,9H2,1-6H3. The average Bonchev–Trinajstić information content (AvgIpc) is 2.77. The highest BCUT2D eigenvalue weighted by atomic mass is 79.9. The minimum absolute atomic E-state index is 0.173. The Balaban J connectivity index is 3.09. The van der Waals surface area contributed by atoms with Crippen LogP contribution in [0.1, 0.15) is 46.8 Å². The van der Waals surface area contributed by atoms with Crippen LogP contribution in [-0.2, 0) is 16.6 Å². The Morgan fingerprint density at radius 2 is 2.00 bits per heavy atom. The highest BCUT2D eigenvalue weighted by Crippen LogP contribution is 2.32. The van der Waals surface area contributed by atoms with Crippen LogP contribution in [0.2, 0.25) is 0 Å². The first-order valence-corrected chi connectivity index (χ1v) is 9.26. The second kappa shape index (κ2) is 6.81. The molecule has 0 aliphatic heterocycles. The van der Waals surface area contributed by atoms with Gasteiger partial charge in [-0.2, -0.15) is 4.31 Å². The van der Waals surface area contributed by atoms with Crippen molar-refractivity contribution in [1.29, 1.82) is 0 Å². The molecule has 0 spiro atoms. The molecule has 0 aromatic carbocycles. The van der Waals surface area contributed by atoms with Crippen molar-refractivity contribution in [2.75, 3.05) is 7.05 Å². The number of halogens is 1. The summed E-state index contributed by atoms with van der Waals surface area (Å²) in [5, 5.41) is 3.20. The summed E-state index contributed by atoms with van der Waals surface area (Å²) in [5.41, 5.74) is -0.452. The molecule has 0 amide bonds. The molecule has 0 saturated carbocycles. The minimum Gasteiger partial charge on any atom is -0.452 e. The number of rotatable bonds is 7. The van der Waals surface area contributed by atoms with Gasteiger partial charge in [0.25, 0.3) is 0 Å². The molecule has 122 valence electrons. The third kappa shape index (κ3) is 4.31. The van der Waals surface area contributed by atoms with Gasteiger partial charge in [0.05, 0.1) is 6.54 Å². The number of furan rings is 1. The second-order valence-electron chi connectivity index (χ2n) is 6.02. The van der Waals surface area contributed by atoms with Crippen LogP contribution in [0, 0.1) is 0 Å². The van der Waals surface area contributed by atoms with Gasteiger partial charge in [0.2, 0.25) is 10.0 Å². The molecule has 1 heterocycles. The third-order valence-electron chi connectivity index (χ3n) is 3.75. The normalized spacial score (nSPS) is 13.4. The summed E-state index contributed by atoms with van der Waals surface area (Å²) in [6.45, 7) is 10.3. The zero-order valence-corrected chi connectivity index (χ0v) is 15.9. The van der Waals surface area contributed by atoms with E-state index in [2.05, 4.69) is 21.2 Å². The summed E-state index contributed by atoms with van der Waals surface area (Å²) in [7, 11) is -1.99. The first kappa shape index (κ1) is 18.7. The quantitative estimate of drug-likeness (QED) is 0.787. The van der Waals surface area contributed by atoms with Crippen molar-refractivity contribution in [3.05, 3.63) is 16.5 Å². The van der Waals surface area contributed by atoms with Crippen molar-refractivity contribution in [2.24, 2.45) is 0 Å². The lowest BCUT2D eigenvalue weighted by molar-refractivity contribution is 0.257. The van der Waals surface area contributed by atoms with Crippen molar-refractivity contribution in [3.8, 4) is 0 Å².